The number of ketones is 1. The maximum absolute atomic E-state index is 12.7. The first-order chi connectivity index (χ1) is 14.1. The van der Waals surface area contributed by atoms with Gasteiger partial charge in [0.25, 0.3) is 0 Å². The fraction of sp³-hybridized carbons (Fsp3) is 0.409. The van der Waals surface area contributed by atoms with E-state index in [1.165, 1.54) is 6.07 Å². The van der Waals surface area contributed by atoms with Gasteiger partial charge in [0.05, 0.1) is 5.56 Å². The van der Waals surface area contributed by atoms with Crippen LogP contribution in [-0.4, -0.2) is 47.8 Å². The molecule has 1 amide bonds. The van der Waals surface area contributed by atoms with Crippen molar-refractivity contribution in [2.24, 2.45) is 0 Å². The minimum absolute atomic E-state index is 0.0443. The predicted octanol–water partition coefficient (Wildman–Crippen LogP) is 4.03. The number of aromatic nitrogens is 1. The maximum atomic E-state index is 12.7. The van der Waals surface area contributed by atoms with Crippen LogP contribution in [-0.2, 0) is 11.0 Å². The molecular formula is C22H24F3N3O2. The lowest BCUT2D eigenvalue weighted by molar-refractivity contribution is -0.137. The number of carbonyl (C=O) groups is 2. The Morgan fingerprint density at radius 2 is 1.70 bits per heavy atom. The molecule has 1 saturated heterocycles. The van der Waals surface area contributed by atoms with Gasteiger partial charge in [-0.05, 0) is 37.6 Å². The smallest absolute Gasteiger partial charge is 0.353 e. The van der Waals surface area contributed by atoms with Gasteiger partial charge in [-0.2, -0.15) is 13.2 Å². The number of Topliss-reactive ketones (excluding diaryl/α,β-unsaturated/α-hetero) is 1. The number of benzene rings is 1. The Labute approximate surface area is 173 Å². The van der Waals surface area contributed by atoms with Crippen LogP contribution in [0.25, 0.3) is 0 Å². The molecule has 8 heteroatoms. The normalized spacial score (nSPS) is 14.7. The molecule has 1 aliphatic heterocycles. The van der Waals surface area contributed by atoms with Gasteiger partial charge in [-0.1, -0.05) is 17.7 Å². The van der Waals surface area contributed by atoms with Gasteiger partial charge in [0.15, 0.2) is 5.78 Å². The van der Waals surface area contributed by atoms with Crippen LogP contribution < -0.4 is 4.90 Å². The van der Waals surface area contributed by atoms with Crippen LogP contribution in [0.15, 0.2) is 36.5 Å². The van der Waals surface area contributed by atoms with Crippen molar-refractivity contribution >= 4 is 17.5 Å². The minimum Gasteiger partial charge on any atom is -0.353 e. The molecule has 0 radical (unpaired) electrons. The standard InChI is InChI=1S/C22H24F3N3O2/c1-15-3-4-16(2)18(13-15)19(29)6-8-21(30)28-11-9-27(10-12-28)20-7-5-17(14-26-20)22(23,24)25/h3-5,7,13-14H,6,8-12H2,1-2H3. The number of hydrogen-bond acceptors (Lipinski definition) is 4. The minimum atomic E-state index is -4.41. The third-order valence-corrected chi connectivity index (χ3v) is 5.29. The highest BCUT2D eigenvalue weighted by Gasteiger charge is 2.31. The van der Waals surface area contributed by atoms with Gasteiger partial charge in [0.1, 0.15) is 5.82 Å². The van der Waals surface area contributed by atoms with E-state index in [9.17, 15) is 22.8 Å². The summed E-state index contributed by atoms with van der Waals surface area (Å²) in [5, 5.41) is 0. The highest BCUT2D eigenvalue weighted by atomic mass is 19.4. The Balaban J connectivity index is 1.50. The summed E-state index contributed by atoms with van der Waals surface area (Å²) in [5.41, 5.74) is 1.77. The third-order valence-electron chi connectivity index (χ3n) is 5.29. The van der Waals surface area contributed by atoms with E-state index in [1.807, 2.05) is 36.9 Å². The summed E-state index contributed by atoms with van der Waals surface area (Å²) in [4.78, 5) is 32.4. The van der Waals surface area contributed by atoms with E-state index in [0.29, 0.717) is 37.6 Å². The zero-order chi connectivity index (χ0) is 21.9. The molecule has 3 rings (SSSR count). The number of aryl methyl sites for hydroxylation is 2. The molecule has 160 valence electrons. The first-order valence-electron chi connectivity index (χ1n) is 9.81. The Hall–Kier alpha value is -2.90. The number of alkyl halides is 3. The molecule has 30 heavy (non-hydrogen) atoms. The average Bonchev–Trinajstić information content (AvgIpc) is 2.73. The van der Waals surface area contributed by atoms with Crippen molar-refractivity contribution in [2.75, 3.05) is 31.1 Å². The van der Waals surface area contributed by atoms with Gasteiger partial charge in [-0.3, -0.25) is 9.59 Å². The van der Waals surface area contributed by atoms with Crippen LogP contribution in [0.5, 0.6) is 0 Å². The molecule has 0 aliphatic carbocycles. The van der Waals surface area contributed by atoms with Crippen LogP contribution >= 0.6 is 0 Å². The van der Waals surface area contributed by atoms with E-state index in [0.717, 1.165) is 23.4 Å². The molecule has 1 aliphatic rings. The molecule has 0 spiro atoms. The summed E-state index contributed by atoms with van der Waals surface area (Å²) in [6, 6.07) is 8.06. The molecule has 0 bridgehead atoms. The van der Waals surface area contributed by atoms with Crippen molar-refractivity contribution in [2.45, 2.75) is 32.9 Å². The number of carbonyl (C=O) groups excluding carboxylic acids is 2. The Morgan fingerprint density at radius 3 is 2.30 bits per heavy atom. The molecule has 5 nitrogen and oxygen atoms in total. The molecule has 1 aromatic carbocycles. The number of anilines is 1. The van der Waals surface area contributed by atoms with E-state index in [2.05, 4.69) is 4.98 Å². The molecule has 2 aromatic rings. The largest absolute Gasteiger partial charge is 0.417 e. The monoisotopic (exact) mass is 419 g/mol. The van der Waals surface area contributed by atoms with Gasteiger partial charge < -0.3 is 9.80 Å². The number of rotatable bonds is 5. The molecule has 0 unspecified atom stereocenters. The summed E-state index contributed by atoms with van der Waals surface area (Å²) < 4.78 is 38.0. The number of halogens is 3. The summed E-state index contributed by atoms with van der Waals surface area (Å²) in [6.07, 6.45) is -3.29. The van der Waals surface area contributed by atoms with Gasteiger partial charge >= 0.3 is 6.18 Å². The number of piperazine rings is 1. The zero-order valence-electron chi connectivity index (χ0n) is 17.0. The highest BCUT2D eigenvalue weighted by Crippen LogP contribution is 2.29. The molecule has 0 N–H and O–H groups in total. The maximum Gasteiger partial charge on any atom is 0.417 e. The lowest BCUT2D eigenvalue weighted by Gasteiger charge is -2.35. The fourth-order valence-corrected chi connectivity index (χ4v) is 3.48. The van der Waals surface area contributed by atoms with E-state index in [1.54, 1.807) is 4.90 Å². The van der Waals surface area contributed by atoms with Crippen LogP contribution in [0.1, 0.15) is 39.9 Å². The second kappa shape index (κ2) is 8.85. The van der Waals surface area contributed by atoms with Crippen molar-refractivity contribution in [1.82, 2.24) is 9.88 Å². The Morgan fingerprint density at radius 1 is 1.00 bits per heavy atom. The summed E-state index contributed by atoms with van der Waals surface area (Å²) in [6.45, 7) is 5.65. The first-order valence-corrected chi connectivity index (χ1v) is 9.81. The molecule has 1 aromatic heterocycles. The van der Waals surface area contributed by atoms with Crippen LogP contribution in [0, 0.1) is 13.8 Å². The van der Waals surface area contributed by atoms with E-state index >= 15 is 0 Å². The highest BCUT2D eigenvalue weighted by molar-refractivity contribution is 5.99. The van der Waals surface area contributed by atoms with E-state index in [4.69, 9.17) is 0 Å². The number of pyridine rings is 1. The van der Waals surface area contributed by atoms with Crippen molar-refractivity contribution in [3.05, 3.63) is 58.8 Å². The predicted molar refractivity (Wildman–Crippen MR) is 108 cm³/mol. The summed E-state index contributed by atoms with van der Waals surface area (Å²) in [7, 11) is 0. The third kappa shape index (κ3) is 5.17. The number of amides is 1. The Kier molecular flexibility index (Phi) is 6.43. The Bertz CT molecular complexity index is 918. The molecule has 0 saturated carbocycles. The van der Waals surface area contributed by atoms with E-state index < -0.39 is 11.7 Å². The van der Waals surface area contributed by atoms with Gasteiger partial charge in [0.2, 0.25) is 5.91 Å². The fourth-order valence-electron chi connectivity index (χ4n) is 3.48. The van der Waals surface area contributed by atoms with Crippen LogP contribution in [0.4, 0.5) is 19.0 Å². The molecule has 2 heterocycles. The van der Waals surface area contributed by atoms with E-state index in [-0.39, 0.29) is 24.5 Å². The van der Waals surface area contributed by atoms with Crippen LogP contribution in [0.2, 0.25) is 0 Å². The quantitative estimate of drug-likeness (QED) is 0.687. The lowest BCUT2D eigenvalue weighted by atomic mass is 9.99. The van der Waals surface area contributed by atoms with Crippen molar-refractivity contribution < 1.29 is 22.8 Å². The molecule has 0 atom stereocenters. The topological polar surface area (TPSA) is 53.5 Å². The second-order valence-electron chi connectivity index (χ2n) is 7.51. The number of nitrogens with zero attached hydrogens (tertiary/aromatic N) is 3. The lowest BCUT2D eigenvalue weighted by Crippen LogP contribution is -2.49. The number of hydrogen-bond donors (Lipinski definition) is 0. The first kappa shape index (κ1) is 21.8. The van der Waals surface area contributed by atoms with Gasteiger partial charge in [-0.15, -0.1) is 0 Å². The average molecular weight is 419 g/mol. The molecular weight excluding hydrogens is 395 g/mol. The molecule has 1 fully saturated rings. The van der Waals surface area contributed by atoms with Gasteiger partial charge in [0, 0.05) is 50.8 Å². The summed E-state index contributed by atoms with van der Waals surface area (Å²) in [5.74, 6) is 0.325. The van der Waals surface area contributed by atoms with Crippen molar-refractivity contribution in [1.29, 1.82) is 0 Å². The zero-order valence-corrected chi connectivity index (χ0v) is 17.0. The van der Waals surface area contributed by atoms with Crippen molar-refractivity contribution in [3.8, 4) is 0 Å². The second-order valence-corrected chi connectivity index (χ2v) is 7.51. The summed E-state index contributed by atoms with van der Waals surface area (Å²) >= 11 is 0. The van der Waals surface area contributed by atoms with Crippen LogP contribution in [0.3, 0.4) is 0 Å². The van der Waals surface area contributed by atoms with Crippen molar-refractivity contribution in [3.63, 3.8) is 0 Å². The SMILES string of the molecule is Cc1ccc(C)c(C(=O)CCC(=O)N2CCN(c3ccc(C(F)(F)F)cn3)CC2)c1. The van der Waals surface area contributed by atoms with Gasteiger partial charge in [-0.25, -0.2) is 4.98 Å².